The molecular formula is C10H11BrO4. The number of allylic oxidation sites excluding steroid dienone is 2. The van der Waals surface area contributed by atoms with Crippen LogP contribution in [0.2, 0.25) is 0 Å². The van der Waals surface area contributed by atoms with Gasteiger partial charge in [0.1, 0.15) is 11.4 Å². The zero-order chi connectivity index (χ0) is 11.4. The summed E-state index contributed by atoms with van der Waals surface area (Å²) in [6.45, 7) is 1.62. The fourth-order valence-corrected chi connectivity index (χ4v) is 1.53. The molecular weight excluding hydrogens is 264 g/mol. The molecule has 0 heterocycles. The fraction of sp³-hybridized carbons (Fsp3) is 0.500. The van der Waals surface area contributed by atoms with Gasteiger partial charge in [-0.3, -0.25) is 14.4 Å². The van der Waals surface area contributed by atoms with E-state index in [1.165, 1.54) is 12.2 Å². The molecule has 0 saturated heterocycles. The number of rotatable bonds is 3. The van der Waals surface area contributed by atoms with Gasteiger partial charge < -0.3 is 4.74 Å². The number of ketones is 2. The minimum atomic E-state index is -0.559. The van der Waals surface area contributed by atoms with Crippen molar-refractivity contribution in [3.63, 3.8) is 0 Å². The Kier molecular flexibility index (Phi) is 4.20. The Hall–Kier alpha value is -0.970. The molecule has 0 aromatic carbocycles. The lowest BCUT2D eigenvalue weighted by atomic mass is 9.88. The molecule has 82 valence electrons. The highest BCUT2D eigenvalue weighted by atomic mass is 79.9. The average Bonchev–Trinajstić information content (AvgIpc) is 2.21. The molecule has 15 heavy (non-hydrogen) atoms. The summed E-state index contributed by atoms with van der Waals surface area (Å²) >= 11 is 2.95. The van der Waals surface area contributed by atoms with Crippen molar-refractivity contribution in [1.29, 1.82) is 0 Å². The van der Waals surface area contributed by atoms with E-state index in [-0.39, 0.29) is 23.3 Å². The minimum absolute atomic E-state index is 0.0854. The van der Waals surface area contributed by atoms with Crippen LogP contribution in [-0.4, -0.2) is 29.0 Å². The van der Waals surface area contributed by atoms with E-state index < -0.39 is 18.0 Å². The molecule has 1 rings (SSSR count). The van der Waals surface area contributed by atoms with Crippen molar-refractivity contribution in [3.05, 3.63) is 12.2 Å². The number of carbonyl (C=O) groups excluding carboxylic acids is 3. The SMILES string of the molecule is CC(OC(=O)CBr)C1CC(=O)C=CC1=O. The van der Waals surface area contributed by atoms with E-state index in [1.54, 1.807) is 6.92 Å². The summed E-state index contributed by atoms with van der Waals surface area (Å²) in [4.78, 5) is 33.5. The normalized spacial score (nSPS) is 22.7. The molecule has 0 saturated carbocycles. The van der Waals surface area contributed by atoms with Crippen LogP contribution in [0, 0.1) is 5.92 Å². The highest BCUT2D eigenvalue weighted by Crippen LogP contribution is 2.19. The van der Waals surface area contributed by atoms with Crippen LogP contribution < -0.4 is 0 Å². The maximum Gasteiger partial charge on any atom is 0.316 e. The van der Waals surface area contributed by atoms with E-state index in [0.717, 1.165) is 0 Å². The van der Waals surface area contributed by atoms with Crippen LogP contribution in [-0.2, 0) is 19.1 Å². The van der Waals surface area contributed by atoms with Crippen molar-refractivity contribution in [2.75, 3.05) is 5.33 Å². The second-order valence-corrected chi connectivity index (χ2v) is 3.90. The number of alkyl halides is 1. The van der Waals surface area contributed by atoms with Gasteiger partial charge in [-0.2, -0.15) is 0 Å². The van der Waals surface area contributed by atoms with E-state index in [1.807, 2.05) is 0 Å². The van der Waals surface area contributed by atoms with Crippen LogP contribution >= 0.6 is 15.9 Å². The van der Waals surface area contributed by atoms with Crippen molar-refractivity contribution >= 4 is 33.5 Å². The monoisotopic (exact) mass is 274 g/mol. The average molecular weight is 275 g/mol. The Morgan fingerprint density at radius 1 is 1.60 bits per heavy atom. The smallest absolute Gasteiger partial charge is 0.316 e. The molecule has 0 radical (unpaired) electrons. The topological polar surface area (TPSA) is 60.4 Å². The molecule has 0 aromatic rings. The summed E-state index contributed by atoms with van der Waals surface area (Å²) in [6, 6.07) is 0. The van der Waals surface area contributed by atoms with Gasteiger partial charge in [-0.15, -0.1) is 0 Å². The molecule has 1 aliphatic carbocycles. The predicted molar refractivity (Wildman–Crippen MR) is 56.6 cm³/mol. The number of esters is 1. The summed E-state index contributed by atoms with van der Waals surface area (Å²) in [7, 11) is 0. The first-order valence-electron chi connectivity index (χ1n) is 4.54. The van der Waals surface area contributed by atoms with Gasteiger partial charge in [-0.1, -0.05) is 15.9 Å². The predicted octanol–water partition coefficient (Wildman–Crippen LogP) is 1.03. The maximum atomic E-state index is 11.4. The second kappa shape index (κ2) is 5.21. The van der Waals surface area contributed by atoms with Crippen molar-refractivity contribution in [2.45, 2.75) is 19.4 Å². The van der Waals surface area contributed by atoms with Gasteiger partial charge in [0.25, 0.3) is 0 Å². The molecule has 0 bridgehead atoms. The van der Waals surface area contributed by atoms with Crippen LogP contribution in [0.1, 0.15) is 13.3 Å². The van der Waals surface area contributed by atoms with E-state index >= 15 is 0 Å². The van der Waals surface area contributed by atoms with Crippen molar-refractivity contribution in [3.8, 4) is 0 Å². The molecule has 2 atom stereocenters. The van der Waals surface area contributed by atoms with Gasteiger partial charge in [-0.05, 0) is 19.1 Å². The number of hydrogen-bond donors (Lipinski definition) is 0. The Bertz CT molecular complexity index is 321. The Balaban J connectivity index is 2.63. The number of hydrogen-bond acceptors (Lipinski definition) is 4. The lowest BCUT2D eigenvalue weighted by molar-refractivity contribution is -0.150. The first-order chi connectivity index (χ1) is 7.04. The zero-order valence-corrected chi connectivity index (χ0v) is 9.82. The largest absolute Gasteiger partial charge is 0.461 e. The van der Waals surface area contributed by atoms with Crippen LogP contribution in [0.15, 0.2) is 12.2 Å². The van der Waals surface area contributed by atoms with Gasteiger partial charge in [0.2, 0.25) is 0 Å². The highest BCUT2D eigenvalue weighted by Gasteiger charge is 2.30. The van der Waals surface area contributed by atoms with E-state index in [0.29, 0.717) is 0 Å². The van der Waals surface area contributed by atoms with Crippen molar-refractivity contribution in [2.24, 2.45) is 5.92 Å². The lowest BCUT2D eigenvalue weighted by Crippen LogP contribution is -2.33. The maximum absolute atomic E-state index is 11.4. The number of halogens is 1. The molecule has 1 aliphatic rings. The van der Waals surface area contributed by atoms with Crippen LogP contribution in [0.4, 0.5) is 0 Å². The van der Waals surface area contributed by atoms with Crippen molar-refractivity contribution in [1.82, 2.24) is 0 Å². The number of ether oxygens (including phenoxy) is 1. The quantitative estimate of drug-likeness (QED) is 0.570. The van der Waals surface area contributed by atoms with Crippen LogP contribution in [0.25, 0.3) is 0 Å². The second-order valence-electron chi connectivity index (χ2n) is 3.34. The Labute approximate surface area is 95.8 Å². The minimum Gasteiger partial charge on any atom is -0.461 e. The van der Waals surface area contributed by atoms with E-state index in [9.17, 15) is 14.4 Å². The summed E-state index contributed by atoms with van der Waals surface area (Å²) in [6.07, 6.45) is 2.07. The summed E-state index contributed by atoms with van der Waals surface area (Å²) in [5.41, 5.74) is 0. The fourth-order valence-electron chi connectivity index (χ4n) is 1.40. The molecule has 0 amide bonds. The molecule has 2 unspecified atom stereocenters. The van der Waals surface area contributed by atoms with Gasteiger partial charge in [0, 0.05) is 6.42 Å². The van der Waals surface area contributed by atoms with Gasteiger partial charge >= 0.3 is 5.97 Å². The lowest BCUT2D eigenvalue weighted by Gasteiger charge is -2.22. The third kappa shape index (κ3) is 3.27. The third-order valence-electron chi connectivity index (χ3n) is 2.21. The standard InChI is InChI=1S/C10H11BrO4/c1-6(15-10(14)5-11)8-4-7(12)2-3-9(8)13/h2-3,6,8H,4-5H2,1H3. The number of carbonyl (C=O) groups is 3. The van der Waals surface area contributed by atoms with Gasteiger partial charge in [0.05, 0.1) is 5.92 Å². The van der Waals surface area contributed by atoms with Crippen molar-refractivity contribution < 1.29 is 19.1 Å². The van der Waals surface area contributed by atoms with Gasteiger partial charge in [-0.25, -0.2) is 0 Å². The summed E-state index contributed by atoms with van der Waals surface area (Å²) in [5, 5.41) is 0.0854. The third-order valence-corrected chi connectivity index (χ3v) is 2.67. The highest BCUT2D eigenvalue weighted by molar-refractivity contribution is 9.09. The molecule has 4 nitrogen and oxygen atoms in total. The molecule has 0 N–H and O–H groups in total. The van der Waals surface area contributed by atoms with E-state index in [4.69, 9.17) is 4.74 Å². The molecule has 0 aliphatic heterocycles. The summed E-state index contributed by atoms with van der Waals surface area (Å²) in [5.74, 6) is -1.24. The molecule has 0 spiro atoms. The van der Waals surface area contributed by atoms with E-state index in [2.05, 4.69) is 15.9 Å². The Morgan fingerprint density at radius 2 is 2.27 bits per heavy atom. The van der Waals surface area contributed by atoms with Crippen LogP contribution in [0.3, 0.4) is 0 Å². The first-order valence-corrected chi connectivity index (χ1v) is 5.67. The van der Waals surface area contributed by atoms with Crippen LogP contribution in [0.5, 0.6) is 0 Å². The zero-order valence-electron chi connectivity index (χ0n) is 8.23. The first kappa shape index (κ1) is 12.1. The molecule has 5 heteroatoms. The molecule has 0 fully saturated rings. The van der Waals surface area contributed by atoms with Gasteiger partial charge in [0.15, 0.2) is 11.6 Å². The summed E-state index contributed by atoms with van der Waals surface area (Å²) < 4.78 is 4.96. The Morgan fingerprint density at radius 3 is 2.87 bits per heavy atom. The molecule has 0 aromatic heterocycles.